The Hall–Kier alpha value is -1.87. The predicted molar refractivity (Wildman–Crippen MR) is 79.8 cm³/mol. The van der Waals surface area contributed by atoms with E-state index in [9.17, 15) is 0 Å². The molecule has 0 saturated heterocycles. The zero-order chi connectivity index (χ0) is 13.2. The van der Waals surface area contributed by atoms with E-state index in [0.29, 0.717) is 5.89 Å². The highest BCUT2D eigenvalue weighted by molar-refractivity contribution is 9.10. The SMILES string of the molecule is Cc1ccc(-c2ncc(-c3ccc(Br)cc3)o2)cc1. The van der Waals surface area contributed by atoms with Crippen molar-refractivity contribution in [3.8, 4) is 22.8 Å². The molecule has 94 valence electrons. The van der Waals surface area contributed by atoms with Crippen molar-refractivity contribution < 1.29 is 4.42 Å². The minimum atomic E-state index is 0.651. The zero-order valence-corrected chi connectivity index (χ0v) is 12.0. The van der Waals surface area contributed by atoms with Crippen LogP contribution in [0, 0.1) is 6.92 Å². The van der Waals surface area contributed by atoms with Gasteiger partial charge in [0, 0.05) is 15.6 Å². The highest BCUT2D eigenvalue weighted by atomic mass is 79.9. The molecule has 0 fully saturated rings. The first-order valence-corrected chi connectivity index (χ1v) is 6.80. The summed E-state index contributed by atoms with van der Waals surface area (Å²) in [4.78, 5) is 4.34. The first-order valence-electron chi connectivity index (χ1n) is 6.01. The number of hydrogen-bond donors (Lipinski definition) is 0. The van der Waals surface area contributed by atoms with Gasteiger partial charge >= 0.3 is 0 Å². The molecule has 3 heteroatoms. The Balaban J connectivity index is 1.95. The van der Waals surface area contributed by atoms with Crippen molar-refractivity contribution in [3.05, 3.63) is 64.8 Å². The molecule has 2 aromatic carbocycles. The second kappa shape index (κ2) is 5.02. The highest BCUT2D eigenvalue weighted by Crippen LogP contribution is 2.27. The lowest BCUT2D eigenvalue weighted by atomic mass is 10.1. The van der Waals surface area contributed by atoms with Crippen LogP contribution in [0.1, 0.15) is 5.56 Å². The summed E-state index contributed by atoms with van der Waals surface area (Å²) >= 11 is 3.42. The van der Waals surface area contributed by atoms with Crippen LogP contribution >= 0.6 is 15.9 Å². The van der Waals surface area contributed by atoms with Crippen molar-refractivity contribution in [1.29, 1.82) is 0 Å². The summed E-state index contributed by atoms with van der Waals surface area (Å²) in [6.45, 7) is 2.06. The Morgan fingerprint density at radius 2 is 1.53 bits per heavy atom. The molecule has 0 N–H and O–H groups in total. The molecular weight excluding hydrogens is 302 g/mol. The van der Waals surface area contributed by atoms with Gasteiger partial charge in [-0.2, -0.15) is 0 Å². The molecule has 0 atom stereocenters. The van der Waals surface area contributed by atoms with Crippen molar-refractivity contribution in [2.75, 3.05) is 0 Å². The molecule has 0 spiro atoms. The maximum Gasteiger partial charge on any atom is 0.226 e. The van der Waals surface area contributed by atoms with E-state index in [0.717, 1.165) is 21.4 Å². The molecule has 3 rings (SSSR count). The molecule has 19 heavy (non-hydrogen) atoms. The van der Waals surface area contributed by atoms with Crippen LogP contribution in [0.4, 0.5) is 0 Å². The van der Waals surface area contributed by atoms with Crippen LogP contribution in [-0.4, -0.2) is 4.98 Å². The van der Waals surface area contributed by atoms with Crippen molar-refractivity contribution in [3.63, 3.8) is 0 Å². The highest BCUT2D eigenvalue weighted by Gasteiger charge is 2.08. The van der Waals surface area contributed by atoms with Gasteiger partial charge in [-0.25, -0.2) is 4.98 Å². The van der Waals surface area contributed by atoms with Gasteiger partial charge in [0.2, 0.25) is 5.89 Å². The molecule has 0 amide bonds. The van der Waals surface area contributed by atoms with Gasteiger partial charge in [-0.15, -0.1) is 0 Å². The quantitative estimate of drug-likeness (QED) is 0.659. The van der Waals surface area contributed by atoms with Crippen LogP contribution in [0.5, 0.6) is 0 Å². The maximum absolute atomic E-state index is 5.81. The lowest BCUT2D eigenvalue weighted by Crippen LogP contribution is -1.77. The van der Waals surface area contributed by atoms with Gasteiger partial charge in [0.05, 0.1) is 6.20 Å². The van der Waals surface area contributed by atoms with Crippen molar-refractivity contribution in [1.82, 2.24) is 4.98 Å². The Kier molecular flexibility index (Phi) is 3.22. The first-order chi connectivity index (χ1) is 9.22. The number of benzene rings is 2. The third-order valence-electron chi connectivity index (χ3n) is 2.93. The van der Waals surface area contributed by atoms with E-state index in [1.807, 2.05) is 36.4 Å². The number of aromatic nitrogens is 1. The molecule has 0 bridgehead atoms. The summed E-state index contributed by atoms with van der Waals surface area (Å²) in [7, 11) is 0. The van der Waals surface area contributed by atoms with Crippen LogP contribution in [0.3, 0.4) is 0 Å². The van der Waals surface area contributed by atoms with E-state index in [1.165, 1.54) is 5.56 Å². The number of hydrogen-bond acceptors (Lipinski definition) is 2. The predicted octanol–water partition coefficient (Wildman–Crippen LogP) is 5.08. The number of nitrogens with zero attached hydrogens (tertiary/aromatic N) is 1. The minimum absolute atomic E-state index is 0.651. The second-order valence-corrected chi connectivity index (χ2v) is 5.32. The van der Waals surface area contributed by atoms with Crippen molar-refractivity contribution in [2.45, 2.75) is 6.92 Å². The van der Waals surface area contributed by atoms with Crippen LogP contribution in [-0.2, 0) is 0 Å². The third kappa shape index (κ3) is 2.61. The second-order valence-electron chi connectivity index (χ2n) is 4.40. The smallest absolute Gasteiger partial charge is 0.226 e. The van der Waals surface area contributed by atoms with Crippen LogP contribution < -0.4 is 0 Å². The van der Waals surface area contributed by atoms with Crippen molar-refractivity contribution in [2.24, 2.45) is 0 Å². The van der Waals surface area contributed by atoms with Crippen LogP contribution in [0.15, 0.2) is 63.6 Å². The summed E-state index contributed by atoms with van der Waals surface area (Å²) < 4.78 is 6.86. The Morgan fingerprint density at radius 3 is 2.21 bits per heavy atom. The monoisotopic (exact) mass is 313 g/mol. The van der Waals surface area contributed by atoms with E-state index in [4.69, 9.17) is 4.42 Å². The normalized spacial score (nSPS) is 10.6. The molecule has 1 heterocycles. The van der Waals surface area contributed by atoms with E-state index >= 15 is 0 Å². The van der Waals surface area contributed by atoms with Gasteiger partial charge in [-0.05, 0) is 31.2 Å². The van der Waals surface area contributed by atoms with Gasteiger partial charge in [0.25, 0.3) is 0 Å². The number of rotatable bonds is 2. The van der Waals surface area contributed by atoms with Crippen LogP contribution in [0.2, 0.25) is 0 Å². The fourth-order valence-corrected chi connectivity index (χ4v) is 2.12. The van der Waals surface area contributed by atoms with Gasteiger partial charge in [0.1, 0.15) is 0 Å². The number of halogens is 1. The van der Waals surface area contributed by atoms with E-state index in [1.54, 1.807) is 6.20 Å². The van der Waals surface area contributed by atoms with Gasteiger partial charge in [-0.1, -0.05) is 45.8 Å². The average molecular weight is 314 g/mol. The number of aryl methyl sites for hydroxylation is 1. The lowest BCUT2D eigenvalue weighted by Gasteiger charge is -1.98. The Morgan fingerprint density at radius 1 is 0.895 bits per heavy atom. The largest absolute Gasteiger partial charge is 0.436 e. The summed E-state index contributed by atoms with van der Waals surface area (Å²) in [5.74, 6) is 1.43. The maximum atomic E-state index is 5.81. The molecule has 1 aromatic heterocycles. The molecule has 0 radical (unpaired) electrons. The van der Waals surface area contributed by atoms with Gasteiger partial charge < -0.3 is 4.42 Å². The average Bonchev–Trinajstić information content (AvgIpc) is 2.90. The molecule has 2 nitrogen and oxygen atoms in total. The summed E-state index contributed by atoms with van der Waals surface area (Å²) in [6.07, 6.45) is 1.76. The molecule has 0 aliphatic rings. The Bertz CT molecular complexity index is 624. The minimum Gasteiger partial charge on any atom is -0.436 e. The molecule has 3 aromatic rings. The van der Waals surface area contributed by atoms with Gasteiger partial charge in [-0.3, -0.25) is 0 Å². The van der Waals surface area contributed by atoms with Crippen molar-refractivity contribution >= 4 is 15.9 Å². The summed E-state index contributed by atoms with van der Waals surface area (Å²) in [5.41, 5.74) is 3.24. The van der Waals surface area contributed by atoms with Gasteiger partial charge in [0.15, 0.2) is 5.76 Å². The molecule has 0 unspecified atom stereocenters. The first kappa shape index (κ1) is 12.2. The topological polar surface area (TPSA) is 26.0 Å². The van der Waals surface area contributed by atoms with E-state index in [-0.39, 0.29) is 0 Å². The fraction of sp³-hybridized carbons (Fsp3) is 0.0625. The fourth-order valence-electron chi connectivity index (χ4n) is 1.85. The lowest BCUT2D eigenvalue weighted by molar-refractivity contribution is 0.589. The summed E-state index contributed by atoms with van der Waals surface area (Å²) in [6, 6.07) is 16.1. The molecule has 0 aliphatic heterocycles. The Labute approximate surface area is 120 Å². The number of oxazole rings is 1. The molecule has 0 aliphatic carbocycles. The van der Waals surface area contributed by atoms with Crippen LogP contribution in [0.25, 0.3) is 22.8 Å². The third-order valence-corrected chi connectivity index (χ3v) is 3.46. The standard InChI is InChI=1S/C16H12BrNO/c1-11-2-4-13(5-3-11)16-18-10-15(19-16)12-6-8-14(17)9-7-12/h2-10H,1H3. The summed E-state index contributed by atoms with van der Waals surface area (Å²) in [5, 5.41) is 0. The van der Waals surface area contributed by atoms with E-state index < -0.39 is 0 Å². The van der Waals surface area contributed by atoms with E-state index in [2.05, 4.69) is 40.0 Å². The zero-order valence-electron chi connectivity index (χ0n) is 10.4. The molecular formula is C16H12BrNO. The molecule has 0 saturated carbocycles.